The standard InChI is InChI=1S/C16H18N2O/c1-18(16(19)17-15-8-9-15)11-12-6-7-13-4-2-3-5-14(13)10-12/h2-7,10,15H,8-9,11H2,1H3,(H,17,19). The van der Waals surface area contributed by atoms with Gasteiger partial charge >= 0.3 is 6.03 Å². The SMILES string of the molecule is CN(Cc1ccc2ccccc2c1)C(=O)NC1CC1. The molecule has 1 aliphatic rings. The Labute approximate surface area is 113 Å². The molecule has 0 atom stereocenters. The molecule has 1 N–H and O–H groups in total. The molecule has 1 aliphatic carbocycles. The summed E-state index contributed by atoms with van der Waals surface area (Å²) in [5.41, 5.74) is 1.16. The summed E-state index contributed by atoms with van der Waals surface area (Å²) in [5.74, 6) is 0. The first-order valence-corrected chi connectivity index (χ1v) is 6.72. The van der Waals surface area contributed by atoms with E-state index in [1.807, 2.05) is 19.2 Å². The van der Waals surface area contributed by atoms with Gasteiger partial charge in [-0.3, -0.25) is 0 Å². The first-order valence-electron chi connectivity index (χ1n) is 6.72. The maximum absolute atomic E-state index is 11.9. The molecule has 3 heteroatoms. The van der Waals surface area contributed by atoms with Crippen LogP contribution in [0, 0.1) is 0 Å². The zero-order chi connectivity index (χ0) is 13.2. The molecule has 2 amide bonds. The molecule has 0 saturated heterocycles. The Morgan fingerprint density at radius 3 is 2.68 bits per heavy atom. The average molecular weight is 254 g/mol. The summed E-state index contributed by atoms with van der Waals surface area (Å²) < 4.78 is 0. The molecule has 0 aromatic heterocycles. The molecule has 3 rings (SSSR count). The Morgan fingerprint density at radius 1 is 1.21 bits per heavy atom. The van der Waals surface area contributed by atoms with Crippen LogP contribution in [-0.2, 0) is 6.54 Å². The Bertz CT molecular complexity index is 604. The fourth-order valence-corrected chi connectivity index (χ4v) is 2.20. The number of urea groups is 1. The fourth-order valence-electron chi connectivity index (χ4n) is 2.20. The van der Waals surface area contributed by atoms with Crippen LogP contribution < -0.4 is 5.32 Å². The quantitative estimate of drug-likeness (QED) is 0.896. The highest BCUT2D eigenvalue weighted by molar-refractivity contribution is 5.83. The molecule has 1 saturated carbocycles. The maximum atomic E-state index is 11.9. The van der Waals surface area contributed by atoms with Gasteiger partial charge in [-0.2, -0.15) is 0 Å². The van der Waals surface area contributed by atoms with E-state index in [4.69, 9.17) is 0 Å². The first kappa shape index (κ1) is 12.0. The highest BCUT2D eigenvalue weighted by Crippen LogP contribution is 2.19. The Kier molecular flexibility index (Phi) is 3.11. The van der Waals surface area contributed by atoms with E-state index in [2.05, 4.69) is 35.6 Å². The van der Waals surface area contributed by atoms with Crippen molar-refractivity contribution in [3.63, 3.8) is 0 Å². The lowest BCUT2D eigenvalue weighted by Crippen LogP contribution is -2.37. The van der Waals surface area contributed by atoms with Crippen LogP contribution in [0.4, 0.5) is 4.79 Å². The van der Waals surface area contributed by atoms with Gasteiger partial charge in [-0.15, -0.1) is 0 Å². The van der Waals surface area contributed by atoms with E-state index in [9.17, 15) is 4.79 Å². The molecule has 1 fully saturated rings. The van der Waals surface area contributed by atoms with Crippen molar-refractivity contribution in [3.05, 3.63) is 48.0 Å². The van der Waals surface area contributed by atoms with Crippen LogP contribution in [0.25, 0.3) is 10.8 Å². The van der Waals surface area contributed by atoms with Crippen molar-refractivity contribution in [1.29, 1.82) is 0 Å². The van der Waals surface area contributed by atoms with E-state index in [0.29, 0.717) is 12.6 Å². The minimum Gasteiger partial charge on any atom is -0.335 e. The predicted octanol–water partition coefficient (Wildman–Crippen LogP) is 3.14. The molecule has 0 aliphatic heterocycles. The van der Waals surface area contributed by atoms with Crippen molar-refractivity contribution in [2.24, 2.45) is 0 Å². The summed E-state index contributed by atoms with van der Waals surface area (Å²) in [7, 11) is 1.84. The van der Waals surface area contributed by atoms with Gasteiger partial charge in [0.2, 0.25) is 0 Å². The minimum atomic E-state index is 0.0238. The van der Waals surface area contributed by atoms with Gasteiger partial charge in [0.25, 0.3) is 0 Å². The molecule has 2 aromatic carbocycles. The number of hydrogen-bond acceptors (Lipinski definition) is 1. The highest BCUT2D eigenvalue weighted by Gasteiger charge is 2.24. The number of benzene rings is 2. The lowest BCUT2D eigenvalue weighted by Gasteiger charge is -2.18. The minimum absolute atomic E-state index is 0.0238. The summed E-state index contributed by atoms with van der Waals surface area (Å²) in [5, 5.41) is 5.45. The number of amides is 2. The molecule has 3 nitrogen and oxygen atoms in total. The van der Waals surface area contributed by atoms with Gasteiger partial charge in [-0.25, -0.2) is 4.79 Å². The molecule has 2 aromatic rings. The molecule has 98 valence electrons. The molecular weight excluding hydrogens is 236 g/mol. The Balaban J connectivity index is 1.71. The zero-order valence-corrected chi connectivity index (χ0v) is 11.1. The monoisotopic (exact) mass is 254 g/mol. The van der Waals surface area contributed by atoms with Crippen molar-refractivity contribution in [2.75, 3.05) is 7.05 Å². The largest absolute Gasteiger partial charge is 0.335 e. The summed E-state index contributed by atoms with van der Waals surface area (Å²) in [6, 6.07) is 15.1. The molecule has 0 unspecified atom stereocenters. The molecule has 0 heterocycles. The van der Waals surface area contributed by atoms with Crippen LogP contribution in [0.15, 0.2) is 42.5 Å². The molecule has 0 radical (unpaired) electrons. The van der Waals surface area contributed by atoms with Crippen LogP contribution in [0.5, 0.6) is 0 Å². The zero-order valence-electron chi connectivity index (χ0n) is 11.1. The second-order valence-corrected chi connectivity index (χ2v) is 5.26. The number of carbonyl (C=O) groups is 1. The lowest BCUT2D eigenvalue weighted by molar-refractivity contribution is 0.206. The maximum Gasteiger partial charge on any atom is 0.317 e. The first-order chi connectivity index (χ1) is 9.22. The Hall–Kier alpha value is -2.03. The summed E-state index contributed by atoms with van der Waals surface area (Å²) >= 11 is 0. The van der Waals surface area contributed by atoms with E-state index >= 15 is 0 Å². The summed E-state index contributed by atoms with van der Waals surface area (Å²) in [6.45, 7) is 0.642. The van der Waals surface area contributed by atoms with Gasteiger partial charge in [-0.1, -0.05) is 36.4 Å². The third-order valence-corrected chi connectivity index (χ3v) is 3.49. The predicted molar refractivity (Wildman–Crippen MR) is 77.0 cm³/mol. The summed E-state index contributed by atoms with van der Waals surface area (Å²) in [6.07, 6.45) is 2.24. The van der Waals surface area contributed by atoms with E-state index in [-0.39, 0.29) is 6.03 Å². The third kappa shape index (κ3) is 2.87. The van der Waals surface area contributed by atoms with Gasteiger partial charge in [0.05, 0.1) is 0 Å². The van der Waals surface area contributed by atoms with E-state index in [0.717, 1.165) is 18.4 Å². The van der Waals surface area contributed by atoms with E-state index < -0.39 is 0 Å². The summed E-state index contributed by atoms with van der Waals surface area (Å²) in [4.78, 5) is 13.6. The number of nitrogens with zero attached hydrogens (tertiary/aromatic N) is 1. The topological polar surface area (TPSA) is 32.3 Å². The molecular formula is C16H18N2O. The van der Waals surface area contributed by atoms with Crippen LogP contribution in [-0.4, -0.2) is 24.0 Å². The van der Waals surface area contributed by atoms with Gasteiger partial charge in [0.1, 0.15) is 0 Å². The molecule has 0 bridgehead atoms. The van der Waals surface area contributed by atoms with Crippen molar-refractivity contribution >= 4 is 16.8 Å². The van der Waals surface area contributed by atoms with Crippen molar-refractivity contribution in [3.8, 4) is 0 Å². The van der Waals surface area contributed by atoms with E-state index in [1.165, 1.54) is 10.8 Å². The fraction of sp³-hybridized carbons (Fsp3) is 0.312. The van der Waals surface area contributed by atoms with Crippen LogP contribution in [0.3, 0.4) is 0 Å². The second-order valence-electron chi connectivity index (χ2n) is 5.26. The lowest BCUT2D eigenvalue weighted by atomic mass is 10.1. The van der Waals surface area contributed by atoms with Gasteiger partial charge in [-0.05, 0) is 35.2 Å². The van der Waals surface area contributed by atoms with Crippen LogP contribution in [0.2, 0.25) is 0 Å². The average Bonchev–Trinajstić information content (AvgIpc) is 3.22. The third-order valence-electron chi connectivity index (χ3n) is 3.49. The van der Waals surface area contributed by atoms with Crippen molar-refractivity contribution < 1.29 is 4.79 Å². The highest BCUT2D eigenvalue weighted by atomic mass is 16.2. The van der Waals surface area contributed by atoms with Crippen molar-refractivity contribution in [2.45, 2.75) is 25.4 Å². The molecule has 0 spiro atoms. The second kappa shape index (κ2) is 4.92. The van der Waals surface area contributed by atoms with Crippen molar-refractivity contribution in [1.82, 2.24) is 10.2 Å². The number of nitrogens with one attached hydrogen (secondary N) is 1. The number of rotatable bonds is 3. The molecule has 19 heavy (non-hydrogen) atoms. The Morgan fingerprint density at radius 2 is 1.95 bits per heavy atom. The normalized spacial score (nSPS) is 14.4. The van der Waals surface area contributed by atoms with E-state index in [1.54, 1.807) is 4.90 Å². The van der Waals surface area contributed by atoms with Crippen LogP contribution in [0.1, 0.15) is 18.4 Å². The number of carbonyl (C=O) groups excluding carboxylic acids is 1. The van der Waals surface area contributed by atoms with Gasteiger partial charge < -0.3 is 10.2 Å². The van der Waals surface area contributed by atoms with Gasteiger partial charge in [0.15, 0.2) is 0 Å². The smallest absolute Gasteiger partial charge is 0.317 e. The van der Waals surface area contributed by atoms with Crippen LogP contribution >= 0.6 is 0 Å². The number of fused-ring (bicyclic) bond motifs is 1. The number of hydrogen-bond donors (Lipinski definition) is 1. The van der Waals surface area contributed by atoms with Gasteiger partial charge in [0, 0.05) is 19.6 Å².